The summed E-state index contributed by atoms with van der Waals surface area (Å²) in [6.45, 7) is 15.6. The minimum atomic E-state index is 0.256. The third-order valence-corrected chi connectivity index (χ3v) is 4.07. The Morgan fingerprint density at radius 2 is 1.57 bits per heavy atom. The van der Waals surface area contributed by atoms with E-state index >= 15 is 0 Å². The summed E-state index contributed by atoms with van der Waals surface area (Å²) in [5.74, 6) is 0. The highest BCUT2D eigenvalue weighted by atomic mass is 16.5. The summed E-state index contributed by atoms with van der Waals surface area (Å²) >= 11 is 0. The van der Waals surface area contributed by atoms with Crippen molar-refractivity contribution in [2.24, 2.45) is 0 Å². The predicted octanol–water partition coefficient (Wildman–Crippen LogP) is 4.07. The van der Waals surface area contributed by atoms with Crippen molar-refractivity contribution >= 4 is 0 Å². The summed E-state index contributed by atoms with van der Waals surface area (Å²) in [5.41, 5.74) is 0.256. The van der Waals surface area contributed by atoms with Gasteiger partial charge in [0.15, 0.2) is 0 Å². The fourth-order valence-electron chi connectivity index (χ4n) is 2.75. The molecule has 0 saturated carbocycles. The Morgan fingerprint density at radius 3 is 2.10 bits per heavy atom. The molecule has 0 atom stereocenters. The van der Waals surface area contributed by atoms with Gasteiger partial charge in [0, 0.05) is 25.2 Å². The first-order chi connectivity index (χ1) is 9.94. The van der Waals surface area contributed by atoms with Gasteiger partial charge in [-0.2, -0.15) is 0 Å². The zero-order valence-corrected chi connectivity index (χ0v) is 15.5. The van der Waals surface area contributed by atoms with Crippen molar-refractivity contribution in [1.29, 1.82) is 0 Å². The quantitative estimate of drug-likeness (QED) is 0.519. The van der Waals surface area contributed by atoms with Crippen LogP contribution in [0.15, 0.2) is 0 Å². The lowest BCUT2D eigenvalue weighted by Gasteiger charge is -2.30. The molecular formula is C18H40N2O. The smallest absolute Gasteiger partial charge is 0.0589 e. The van der Waals surface area contributed by atoms with Gasteiger partial charge in [-0.25, -0.2) is 0 Å². The van der Waals surface area contributed by atoms with Crippen LogP contribution in [0, 0.1) is 0 Å². The molecular weight excluding hydrogens is 260 g/mol. The van der Waals surface area contributed by atoms with Gasteiger partial charge < -0.3 is 10.1 Å². The molecule has 0 aliphatic heterocycles. The van der Waals surface area contributed by atoms with Crippen LogP contribution in [0.5, 0.6) is 0 Å². The van der Waals surface area contributed by atoms with E-state index in [2.05, 4.69) is 44.8 Å². The number of nitrogens with one attached hydrogen (secondary N) is 1. The molecule has 0 aromatic heterocycles. The fraction of sp³-hybridized carbons (Fsp3) is 1.00. The predicted molar refractivity (Wildman–Crippen MR) is 94.0 cm³/mol. The first-order valence-corrected chi connectivity index (χ1v) is 8.92. The molecule has 0 unspecified atom stereocenters. The third kappa shape index (κ3) is 12.1. The number of rotatable bonds is 13. The van der Waals surface area contributed by atoms with Gasteiger partial charge in [0.1, 0.15) is 0 Å². The molecule has 0 rings (SSSR count). The molecule has 3 heteroatoms. The Balaban J connectivity index is 3.77. The van der Waals surface area contributed by atoms with Gasteiger partial charge in [0.05, 0.1) is 6.61 Å². The summed E-state index contributed by atoms with van der Waals surface area (Å²) in [4.78, 5) is 2.62. The van der Waals surface area contributed by atoms with E-state index < -0.39 is 0 Å². The Kier molecular flexibility index (Phi) is 12.4. The molecule has 0 radical (unpaired) electrons. The van der Waals surface area contributed by atoms with E-state index in [-0.39, 0.29) is 5.54 Å². The lowest BCUT2D eigenvalue weighted by Crippen LogP contribution is -2.37. The summed E-state index contributed by atoms with van der Waals surface area (Å²) in [6, 6.07) is 0.725. The van der Waals surface area contributed by atoms with Crippen LogP contribution in [0.4, 0.5) is 0 Å². The molecule has 0 fully saturated rings. The summed E-state index contributed by atoms with van der Waals surface area (Å²) < 4.78 is 5.25. The second-order valence-corrected chi connectivity index (χ2v) is 7.09. The molecule has 128 valence electrons. The molecule has 3 nitrogen and oxygen atoms in total. The number of nitrogens with zero attached hydrogens (tertiary/aromatic N) is 1. The lowest BCUT2D eigenvalue weighted by molar-refractivity contribution is 0.113. The van der Waals surface area contributed by atoms with Crippen LogP contribution in [0.3, 0.4) is 0 Å². The largest absolute Gasteiger partial charge is 0.383 e. The number of methoxy groups -OCH3 is 1. The van der Waals surface area contributed by atoms with Gasteiger partial charge in [-0.3, -0.25) is 4.90 Å². The van der Waals surface area contributed by atoms with Crippen molar-refractivity contribution in [3.05, 3.63) is 0 Å². The maximum atomic E-state index is 5.25. The van der Waals surface area contributed by atoms with Crippen molar-refractivity contribution in [2.45, 2.75) is 84.7 Å². The van der Waals surface area contributed by atoms with E-state index in [0.29, 0.717) is 0 Å². The first-order valence-electron chi connectivity index (χ1n) is 8.92. The Bertz CT molecular complexity index is 222. The molecule has 21 heavy (non-hydrogen) atoms. The van der Waals surface area contributed by atoms with Crippen LogP contribution >= 0.6 is 0 Å². The molecule has 0 aliphatic rings. The van der Waals surface area contributed by atoms with Crippen LogP contribution in [0.2, 0.25) is 0 Å². The molecule has 0 aromatic carbocycles. The number of ether oxygens (including phenoxy) is 1. The van der Waals surface area contributed by atoms with Crippen molar-refractivity contribution < 1.29 is 4.74 Å². The van der Waals surface area contributed by atoms with Gasteiger partial charge in [-0.15, -0.1) is 0 Å². The average molecular weight is 301 g/mol. The van der Waals surface area contributed by atoms with E-state index in [1.165, 1.54) is 45.1 Å². The van der Waals surface area contributed by atoms with Crippen LogP contribution < -0.4 is 5.32 Å². The molecule has 0 saturated heterocycles. The van der Waals surface area contributed by atoms with Crippen LogP contribution in [-0.4, -0.2) is 49.8 Å². The second kappa shape index (κ2) is 12.4. The van der Waals surface area contributed by atoms with E-state index in [4.69, 9.17) is 4.74 Å². The van der Waals surface area contributed by atoms with Crippen molar-refractivity contribution in [2.75, 3.05) is 33.4 Å². The highest BCUT2D eigenvalue weighted by molar-refractivity contribution is 4.70. The topological polar surface area (TPSA) is 24.5 Å². The van der Waals surface area contributed by atoms with Crippen LogP contribution in [0.25, 0.3) is 0 Å². The monoisotopic (exact) mass is 300 g/mol. The van der Waals surface area contributed by atoms with Crippen molar-refractivity contribution in [3.63, 3.8) is 0 Å². The van der Waals surface area contributed by atoms with Crippen LogP contribution in [0.1, 0.15) is 73.1 Å². The standard InChI is InChI=1S/C18H40N2O/c1-7-17(8-2)20(15-16-21-6)14-12-10-9-11-13-19-18(3,4)5/h17,19H,7-16H2,1-6H3. The normalized spacial score (nSPS) is 12.6. The number of hydrogen-bond acceptors (Lipinski definition) is 3. The minimum absolute atomic E-state index is 0.256. The second-order valence-electron chi connectivity index (χ2n) is 7.09. The first kappa shape index (κ1) is 20.9. The van der Waals surface area contributed by atoms with Gasteiger partial charge >= 0.3 is 0 Å². The van der Waals surface area contributed by atoms with Crippen LogP contribution in [-0.2, 0) is 4.74 Å². The molecule has 0 bridgehead atoms. The zero-order chi connectivity index (χ0) is 16.1. The third-order valence-electron chi connectivity index (χ3n) is 4.07. The molecule has 0 aromatic rings. The summed E-state index contributed by atoms with van der Waals surface area (Å²) in [7, 11) is 1.80. The number of unbranched alkanes of at least 4 members (excludes halogenated alkanes) is 3. The van der Waals surface area contributed by atoms with Crippen molar-refractivity contribution in [3.8, 4) is 0 Å². The van der Waals surface area contributed by atoms with Gasteiger partial charge in [-0.05, 0) is 59.5 Å². The highest BCUT2D eigenvalue weighted by Gasteiger charge is 2.14. The Hall–Kier alpha value is -0.120. The minimum Gasteiger partial charge on any atom is -0.383 e. The van der Waals surface area contributed by atoms with E-state index in [1.807, 2.05) is 0 Å². The summed E-state index contributed by atoms with van der Waals surface area (Å²) in [6.07, 6.45) is 7.78. The summed E-state index contributed by atoms with van der Waals surface area (Å²) in [5, 5.41) is 3.56. The zero-order valence-electron chi connectivity index (χ0n) is 15.5. The maximum Gasteiger partial charge on any atom is 0.0589 e. The van der Waals surface area contributed by atoms with Gasteiger partial charge in [0.25, 0.3) is 0 Å². The highest BCUT2D eigenvalue weighted by Crippen LogP contribution is 2.11. The van der Waals surface area contributed by atoms with E-state index in [0.717, 1.165) is 25.7 Å². The van der Waals surface area contributed by atoms with E-state index in [1.54, 1.807) is 7.11 Å². The molecule has 0 spiro atoms. The maximum absolute atomic E-state index is 5.25. The molecule has 1 N–H and O–H groups in total. The number of hydrogen-bond donors (Lipinski definition) is 1. The lowest BCUT2D eigenvalue weighted by atomic mass is 10.1. The fourth-order valence-corrected chi connectivity index (χ4v) is 2.75. The molecule has 0 aliphatic carbocycles. The van der Waals surface area contributed by atoms with Gasteiger partial charge in [0.2, 0.25) is 0 Å². The Labute approximate surface area is 133 Å². The molecule has 0 heterocycles. The van der Waals surface area contributed by atoms with Gasteiger partial charge in [-0.1, -0.05) is 26.7 Å². The average Bonchev–Trinajstić information content (AvgIpc) is 2.42. The Morgan fingerprint density at radius 1 is 0.952 bits per heavy atom. The molecule has 0 amide bonds. The SMILES string of the molecule is CCC(CC)N(CCCCCCNC(C)(C)C)CCOC. The van der Waals surface area contributed by atoms with Crippen molar-refractivity contribution in [1.82, 2.24) is 10.2 Å². The van der Waals surface area contributed by atoms with E-state index in [9.17, 15) is 0 Å².